The van der Waals surface area contributed by atoms with Gasteiger partial charge in [-0.25, -0.2) is 8.78 Å². The number of fused-ring (bicyclic) bond motifs is 1. The standard InChI is InChI=1S/C18H10F4N4O/c19-10-2-1-7(3-11(10)20)9-6-25-16(8-4-12(21)26-13(22)5-8)17-14(9)15(23)18(24)27-17/h1-6H,23-24H2. The fourth-order valence-corrected chi connectivity index (χ4v) is 2.84. The van der Waals surface area contributed by atoms with E-state index < -0.39 is 23.5 Å². The Bertz CT molecular complexity index is 1190. The van der Waals surface area contributed by atoms with Crippen LogP contribution in [0.1, 0.15) is 0 Å². The van der Waals surface area contributed by atoms with Gasteiger partial charge in [-0.3, -0.25) is 4.98 Å². The number of furan rings is 1. The highest BCUT2D eigenvalue weighted by molar-refractivity contribution is 6.09. The Morgan fingerprint density at radius 2 is 1.56 bits per heavy atom. The van der Waals surface area contributed by atoms with E-state index in [9.17, 15) is 17.6 Å². The molecule has 0 aliphatic rings. The van der Waals surface area contributed by atoms with Crippen LogP contribution in [0.2, 0.25) is 0 Å². The van der Waals surface area contributed by atoms with Crippen LogP contribution in [0.5, 0.6) is 0 Å². The van der Waals surface area contributed by atoms with Crippen LogP contribution in [-0.4, -0.2) is 9.97 Å². The van der Waals surface area contributed by atoms with Crippen molar-refractivity contribution in [3.05, 3.63) is 60.1 Å². The van der Waals surface area contributed by atoms with Gasteiger partial charge in [-0.05, 0) is 17.7 Å². The van der Waals surface area contributed by atoms with Crippen molar-refractivity contribution in [2.75, 3.05) is 11.5 Å². The molecule has 27 heavy (non-hydrogen) atoms. The average molecular weight is 374 g/mol. The molecule has 0 spiro atoms. The second-order valence-electron chi connectivity index (χ2n) is 5.73. The van der Waals surface area contributed by atoms with Gasteiger partial charge >= 0.3 is 0 Å². The summed E-state index contributed by atoms with van der Waals surface area (Å²) in [5, 5.41) is 0.265. The first-order chi connectivity index (χ1) is 12.8. The molecule has 136 valence electrons. The molecule has 0 atom stereocenters. The lowest BCUT2D eigenvalue weighted by Gasteiger charge is -2.08. The Morgan fingerprint density at radius 1 is 0.852 bits per heavy atom. The van der Waals surface area contributed by atoms with Crippen LogP contribution in [0.4, 0.5) is 29.1 Å². The van der Waals surface area contributed by atoms with Crippen LogP contribution < -0.4 is 11.5 Å². The second-order valence-corrected chi connectivity index (χ2v) is 5.73. The van der Waals surface area contributed by atoms with Crippen LogP contribution in [0.15, 0.2) is 40.9 Å². The maximum Gasteiger partial charge on any atom is 0.216 e. The highest BCUT2D eigenvalue weighted by atomic mass is 19.2. The van der Waals surface area contributed by atoms with Gasteiger partial charge in [-0.2, -0.15) is 13.8 Å². The van der Waals surface area contributed by atoms with Crippen molar-refractivity contribution in [3.63, 3.8) is 0 Å². The van der Waals surface area contributed by atoms with Crippen molar-refractivity contribution in [2.24, 2.45) is 0 Å². The number of nitrogens with two attached hydrogens (primary N) is 2. The smallest absolute Gasteiger partial charge is 0.216 e. The van der Waals surface area contributed by atoms with E-state index in [-0.39, 0.29) is 39.4 Å². The Kier molecular flexibility index (Phi) is 3.72. The van der Waals surface area contributed by atoms with E-state index in [0.717, 1.165) is 24.3 Å². The summed E-state index contributed by atoms with van der Waals surface area (Å²) in [6.07, 6.45) is 1.31. The number of hydrogen-bond acceptors (Lipinski definition) is 5. The Labute approximate surface area is 149 Å². The number of rotatable bonds is 2. The van der Waals surface area contributed by atoms with Crippen molar-refractivity contribution in [2.45, 2.75) is 0 Å². The monoisotopic (exact) mass is 374 g/mol. The minimum atomic E-state index is -1.06. The maximum absolute atomic E-state index is 13.6. The van der Waals surface area contributed by atoms with Crippen molar-refractivity contribution in [1.29, 1.82) is 0 Å². The van der Waals surface area contributed by atoms with Crippen molar-refractivity contribution < 1.29 is 22.0 Å². The molecule has 9 heteroatoms. The Morgan fingerprint density at radius 3 is 2.22 bits per heavy atom. The van der Waals surface area contributed by atoms with Crippen molar-refractivity contribution in [1.82, 2.24) is 9.97 Å². The third-order valence-corrected chi connectivity index (χ3v) is 4.05. The molecular weight excluding hydrogens is 364 g/mol. The molecule has 3 aromatic heterocycles. The lowest BCUT2D eigenvalue weighted by molar-refractivity contribution is 0.509. The first-order valence-corrected chi connectivity index (χ1v) is 7.60. The van der Waals surface area contributed by atoms with Gasteiger partial charge < -0.3 is 15.9 Å². The molecular formula is C18H10F4N4O. The Hall–Kier alpha value is -3.62. The van der Waals surface area contributed by atoms with Crippen LogP contribution in [0, 0.1) is 23.5 Å². The molecule has 0 aliphatic carbocycles. The molecule has 4 N–H and O–H groups in total. The number of nitrogen functional groups attached to an aromatic ring is 2. The van der Waals surface area contributed by atoms with Gasteiger partial charge in [-0.15, -0.1) is 0 Å². The summed E-state index contributed by atoms with van der Waals surface area (Å²) in [4.78, 5) is 7.19. The summed E-state index contributed by atoms with van der Waals surface area (Å²) in [5.41, 5.74) is 12.5. The molecule has 0 saturated carbocycles. The molecule has 0 radical (unpaired) electrons. The van der Waals surface area contributed by atoms with Gasteiger partial charge in [0.05, 0.1) is 5.39 Å². The number of anilines is 2. The van der Waals surface area contributed by atoms with Gasteiger partial charge in [0.25, 0.3) is 0 Å². The number of pyridine rings is 2. The minimum Gasteiger partial charge on any atom is -0.436 e. The summed E-state index contributed by atoms with van der Waals surface area (Å²) in [6, 6.07) is 5.20. The molecule has 0 saturated heterocycles. The molecule has 0 unspecified atom stereocenters. The quantitative estimate of drug-likeness (QED) is 0.404. The van der Waals surface area contributed by atoms with Crippen LogP contribution in [0.3, 0.4) is 0 Å². The van der Waals surface area contributed by atoms with Gasteiger partial charge in [-0.1, -0.05) is 6.07 Å². The molecule has 0 amide bonds. The molecule has 0 bridgehead atoms. The predicted octanol–water partition coefficient (Wildman–Crippen LogP) is 4.28. The zero-order valence-corrected chi connectivity index (χ0v) is 13.4. The number of benzene rings is 1. The highest BCUT2D eigenvalue weighted by Crippen LogP contribution is 2.41. The van der Waals surface area contributed by atoms with E-state index in [1.165, 1.54) is 12.3 Å². The van der Waals surface area contributed by atoms with E-state index >= 15 is 0 Å². The summed E-state index contributed by atoms with van der Waals surface area (Å²) in [5.74, 6) is -4.30. The van der Waals surface area contributed by atoms with Crippen LogP contribution in [0.25, 0.3) is 33.4 Å². The number of aromatic nitrogens is 2. The number of hydrogen-bond donors (Lipinski definition) is 2. The van der Waals surface area contributed by atoms with Crippen molar-refractivity contribution >= 4 is 22.5 Å². The van der Waals surface area contributed by atoms with Crippen molar-refractivity contribution in [3.8, 4) is 22.4 Å². The molecule has 0 fully saturated rings. The lowest BCUT2D eigenvalue weighted by Crippen LogP contribution is -1.95. The summed E-state index contributed by atoms with van der Waals surface area (Å²) >= 11 is 0. The third-order valence-electron chi connectivity index (χ3n) is 4.05. The van der Waals surface area contributed by atoms with Crippen LogP contribution >= 0.6 is 0 Å². The van der Waals surface area contributed by atoms with Gasteiger partial charge in [0.2, 0.25) is 17.8 Å². The van der Waals surface area contributed by atoms with E-state index in [4.69, 9.17) is 15.9 Å². The zero-order chi connectivity index (χ0) is 19.3. The molecule has 1 aromatic carbocycles. The normalized spacial score (nSPS) is 11.3. The number of nitrogens with zero attached hydrogens (tertiary/aromatic N) is 2. The van der Waals surface area contributed by atoms with E-state index in [0.29, 0.717) is 5.56 Å². The Balaban J connectivity index is 2.03. The summed E-state index contributed by atoms with van der Waals surface area (Å²) in [6.45, 7) is 0. The molecule has 0 aliphatic heterocycles. The van der Waals surface area contributed by atoms with Gasteiger partial charge in [0, 0.05) is 29.5 Å². The fourth-order valence-electron chi connectivity index (χ4n) is 2.84. The first kappa shape index (κ1) is 16.8. The first-order valence-electron chi connectivity index (χ1n) is 7.60. The second kappa shape index (κ2) is 5.97. The largest absolute Gasteiger partial charge is 0.436 e. The summed E-state index contributed by atoms with van der Waals surface area (Å²) in [7, 11) is 0. The van der Waals surface area contributed by atoms with E-state index in [1.807, 2.05) is 0 Å². The van der Waals surface area contributed by atoms with E-state index in [1.54, 1.807) is 0 Å². The minimum absolute atomic E-state index is 0.0448. The van der Waals surface area contributed by atoms with Gasteiger partial charge in [0.15, 0.2) is 17.2 Å². The predicted molar refractivity (Wildman–Crippen MR) is 91.3 cm³/mol. The van der Waals surface area contributed by atoms with Gasteiger partial charge in [0.1, 0.15) is 11.4 Å². The fraction of sp³-hybridized carbons (Fsp3) is 0. The van der Waals surface area contributed by atoms with Crippen LogP contribution in [-0.2, 0) is 0 Å². The SMILES string of the molecule is Nc1oc2c(-c3cc(F)nc(F)c3)ncc(-c3ccc(F)c(F)c3)c2c1N. The molecule has 3 heterocycles. The average Bonchev–Trinajstić information content (AvgIpc) is 2.91. The highest BCUT2D eigenvalue weighted by Gasteiger charge is 2.21. The molecule has 5 nitrogen and oxygen atoms in total. The molecule has 4 rings (SSSR count). The maximum atomic E-state index is 13.6. The molecule has 4 aromatic rings. The summed E-state index contributed by atoms with van der Waals surface area (Å²) < 4.78 is 59.3. The van der Waals surface area contributed by atoms with E-state index in [2.05, 4.69) is 9.97 Å². The third kappa shape index (κ3) is 2.73. The topological polar surface area (TPSA) is 91.0 Å². The zero-order valence-electron chi connectivity index (χ0n) is 13.4. The number of halogens is 4. The lowest BCUT2D eigenvalue weighted by atomic mass is 10.0.